The predicted molar refractivity (Wildman–Crippen MR) is 99.0 cm³/mol. The van der Waals surface area contributed by atoms with Crippen LogP contribution in [0, 0.1) is 0 Å². The lowest BCUT2D eigenvalue weighted by Crippen LogP contribution is -2.50. The molecule has 0 aliphatic carbocycles. The van der Waals surface area contributed by atoms with Crippen molar-refractivity contribution in [2.45, 2.75) is 0 Å². The molecule has 2 heterocycles. The minimum absolute atomic E-state index is 0.0167. The van der Waals surface area contributed by atoms with Gasteiger partial charge >= 0.3 is 0 Å². The molecule has 1 fully saturated rings. The van der Waals surface area contributed by atoms with Gasteiger partial charge in [0.2, 0.25) is 11.9 Å². The molecular formula is C18H23N5O3. The first kappa shape index (κ1) is 17.9. The third-order valence-corrected chi connectivity index (χ3v) is 4.19. The fourth-order valence-electron chi connectivity index (χ4n) is 2.76. The van der Waals surface area contributed by atoms with Gasteiger partial charge in [0.05, 0.1) is 7.11 Å². The third kappa shape index (κ3) is 4.40. The third-order valence-electron chi connectivity index (χ3n) is 4.19. The molecule has 8 heteroatoms. The molecule has 0 unspecified atom stereocenters. The molecule has 3 rings (SSSR count). The van der Waals surface area contributed by atoms with Crippen LogP contribution in [0.25, 0.3) is 0 Å². The van der Waals surface area contributed by atoms with E-state index in [0.29, 0.717) is 32.1 Å². The van der Waals surface area contributed by atoms with E-state index < -0.39 is 0 Å². The van der Waals surface area contributed by atoms with E-state index in [0.717, 1.165) is 17.3 Å². The van der Waals surface area contributed by atoms with Crippen LogP contribution in [0.2, 0.25) is 0 Å². The molecule has 2 aromatic rings. The maximum atomic E-state index is 11.9. The summed E-state index contributed by atoms with van der Waals surface area (Å²) >= 11 is 0. The fourth-order valence-corrected chi connectivity index (χ4v) is 2.76. The van der Waals surface area contributed by atoms with Crippen LogP contribution < -0.4 is 15.0 Å². The van der Waals surface area contributed by atoms with Crippen molar-refractivity contribution in [3.63, 3.8) is 0 Å². The first-order chi connectivity index (χ1) is 12.7. The Bertz CT molecular complexity index is 730. The fraction of sp³-hybridized carbons (Fsp3) is 0.389. The molecule has 8 nitrogen and oxygen atoms in total. The van der Waals surface area contributed by atoms with E-state index in [1.807, 2.05) is 30.3 Å². The van der Waals surface area contributed by atoms with Crippen LogP contribution in [-0.2, 0) is 9.53 Å². The number of aromatic nitrogens is 2. The number of ether oxygens (including phenoxy) is 2. The topological polar surface area (TPSA) is 79.8 Å². The van der Waals surface area contributed by atoms with Gasteiger partial charge in [-0.15, -0.1) is 0 Å². The summed E-state index contributed by atoms with van der Waals surface area (Å²) in [5.74, 6) is 2.20. The molecule has 1 N–H and O–H groups in total. The average Bonchev–Trinajstić information content (AvgIpc) is 2.69. The van der Waals surface area contributed by atoms with Crippen molar-refractivity contribution in [3.8, 4) is 5.75 Å². The summed E-state index contributed by atoms with van der Waals surface area (Å²) in [5, 5.41) is 3.26. The Labute approximate surface area is 152 Å². The largest absolute Gasteiger partial charge is 0.497 e. The zero-order valence-electron chi connectivity index (χ0n) is 15.0. The minimum atomic E-state index is 0.0167. The standard InChI is InChI=1S/C18H23N5O3/c1-25-13-17(24)22-9-11-23(12-10-22)18-19-8-7-16(21-18)20-14-3-5-15(26-2)6-4-14/h3-8H,9-13H2,1-2H3,(H,19,20,21). The number of rotatable bonds is 6. The van der Waals surface area contributed by atoms with Gasteiger partial charge in [-0.2, -0.15) is 4.98 Å². The number of anilines is 3. The first-order valence-electron chi connectivity index (χ1n) is 8.45. The van der Waals surface area contributed by atoms with Crippen LogP contribution in [0.3, 0.4) is 0 Å². The lowest BCUT2D eigenvalue weighted by Gasteiger charge is -2.34. The highest BCUT2D eigenvalue weighted by Gasteiger charge is 2.22. The Kier molecular flexibility index (Phi) is 5.85. The molecule has 0 spiro atoms. The van der Waals surface area contributed by atoms with E-state index in [2.05, 4.69) is 20.2 Å². The van der Waals surface area contributed by atoms with E-state index in [-0.39, 0.29) is 12.5 Å². The first-order valence-corrected chi connectivity index (χ1v) is 8.45. The molecule has 0 radical (unpaired) electrons. The molecule has 0 bridgehead atoms. The number of nitrogens with one attached hydrogen (secondary N) is 1. The van der Waals surface area contributed by atoms with Gasteiger partial charge in [-0.05, 0) is 30.3 Å². The lowest BCUT2D eigenvalue weighted by atomic mass is 10.3. The summed E-state index contributed by atoms with van der Waals surface area (Å²) in [6, 6.07) is 9.47. The predicted octanol–water partition coefficient (Wildman–Crippen LogP) is 1.52. The molecule has 0 atom stereocenters. The normalized spacial score (nSPS) is 14.2. The molecule has 1 aliphatic rings. The molecule has 138 valence electrons. The Balaban J connectivity index is 1.61. The summed E-state index contributed by atoms with van der Waals surface area (Å²) < 4.78 is 10.1. The van der Waals surface area contributed by atoms with Crippen LogP contribution in [0.5, 0.6) is 5.75 Å². The Morgan fingerprint density at radius 2 is 1.85 bits per heavy atom. The Morgan fingerprint density at radius 1 is 1.12 bits per heavy atom. The molecule has 1 saturated heterocycles. The number of piperazine rings is 1. The number of benzene rings is 1. The van der Waals surface area contributed by atoms with E-state index in [1.54, 1.807) is 18.2 Å². The summed E-state index contributed by atoms with van der Waals surface area (Å²) in [7, 11) is 3.17. The average molecular weight is 357 g/mol. The van der Waals surface area contributed by atoms with E-state index in [4.69, 9.17) is 9.47 Å². The number of hydrogen-bond donors (Lipinski definition) is 1. The Morgan fingerprint density at radius 3 is 2.50 bits per heavy atom. The number of carbonyl (C=O) groups excluding carboxylic acids is 1. The molecule has 1 amide bonds. The monoisotopic (exact) mass is 357 g/mol. The van der Waals surface area contributed by atoms with Crippen molar-refractivity contribution in [1.29, 1.82) is 0 Å². The van der Waals surface area contributed by atoms with E-state index in [9.17, 15) is 4.79 Å². The zero-order valence-corrected chi connectivity index (χ0v) is 15.0. The molecule has 1 aromatic heterocycles. The second kappa shape index (κ2) is 8.48. The van der Waals surface area contributed by atoms with Gasteiger partial charge in [0.1, 0.15) is 18.2 Å². The summed E-state index contributed by atoms with van der Waals surface area (Å²) in [4.78, 5) is 24.7. The molecule has 0 saturated carbocycles. The van der Waals surface area contributed by atoms with Gasteiger partial charge in [0, 0.05) is 45.2 Å². The van der Waals surface area contributed by atoms with Crippen LogP contribution in [0.1, 0.15) is 0 Å². The highest BCUT2D eigenvalue weighted by Crippen LogP contribution is 2.20. The second-order valence-corrected chi connectivity index (χ2v) is 5.90. The van der Waals surface area contributed by atoms with Crippen molar-refractivity contribution >= 4 is 23.4 Å². The SMILES string of the molecule is COCC(=O)N1CCN(c2nccc(Nc3ccc(OC)cc3)n2)CC1. The van der Waals surface area contributed by atoms with E-state index in [1.165, 1.54) is 7.11 Å². The number of methoxy groups -OCH3 is 2. The Hall–Kier alpha value is -2.87. The van der Waals surface area contributed by atoms with Crippen LogP contribution in [0.15, 0.2) is 36.5 Å². The van der Waals surface area contributed by atoms with Crippen LogP contribution in [0.4, 0.5) is 17.5 Å². The number of hydrogen-bond acceptors (Lipinski definition) is 7. The number of carbonyl (C=O) groups is 1. The zero-order chi connectivity index (χ0) is 18.4. The molecule has 1 aromatic carbocycles. The van der Waals surface area contributed by atoms with Gasteiger partial charge in [-0.1, -0.05) is 0 Å². The summed E-state index contributed by atoms with van der Waals surface area (Å²) in [6.07, 6.45) is 1.73. The highest BCUT2D eigenvalue weighted by molar-refractivity contribution is 5.77. The smallest absolute Gasteiger partial charge is 0.248 e. The molecular weight excluding hydrogens is 334 g/mol. The van der Waals surface area contributed by atoms with Crippen molar-refractivity contribution in [1.82, 2.24) is 14.9 Å². The number of nitrogens with zero attached hydrogens (tertiary/aromatic N) is 4. The van der Waals surface area contributed by atoms with Gasteiger partial charge in [0.15, 0.2) is 0 Å². The highest BCUT2D eigenvalue weighted by atomic mass is 16.5. The van der Waals surface area contributed by atoms with Crippen molar-refractivity contribution < 1.29 is 14.3 Å². The van der Waals surface area contributed by atoms with Crippen LogP contribution in [-0.4, -0.2) is 67.8 Å². The number of amides is 1. The maximum absolute atomic E-state index is 11.9. The quantitative estimate of drug-likeness (QED) is 0.840. The maximum Gasteiger partial charge on any atom is 0.248 e. The van der Waals surface area contributed by atoms with Crippen molar-refractivity contribution in [3.05, 3.63) is 36.5 Å². The van der Waals surface area contributed by atoms with Gasteiger partial charge in [-0.3, -0.25) is 4.79 Å². The van der Waals surface area contributed by atoms with Gasteiger partial charge in [-0.25, -0.2) is 4.98 Å². The summed E-state index contributed by atoms with van der Waals surface area (Å²) in [6.45, 7) is 2.80. The molecule has 1 aliphatic heterocycles. The van der Waals surface area contributed by atoms with Crippen molar-refractivity contribution in [2.24, 2.45) is 0 Å². The van der Waals surface area contributed by atoms with Crippen molar-refractivity contribution in [2.75, 3.05) is 57.2 Å². The minimum Gasteiger partial charge on any atom is -0.497 e. The van der Waals surface area contributed by atoms with Gasteiger partial charge < -0.3 is 24.6 Å². The van der Waals surface area contributed by atoms with Gasteiger partial charge in [0.25, 0.3) is 0 Å². The summed E-state index contributed by atoms with van der Waals surface area (Å²) in [5.41, 5.74) is 0.922. The van der Waals surface area contributed by atoms with Crippen LogP contribution >= 0.6 is 0 Å². The lowest BCUT2D eigenvalue weighted by molar-refractivity contribution is -0.135. The molecule has 26 heavy (non-hydrogen) atoms. The van der Waals surface area contributed by atoms with E-state index >= 15 is 0 Å². The second-order valence-electron chi connectivity index (χ2n) is 5.90.